The molecule has 12 heteroatoms. The average molecular weight is 429 g/mol. The minimum absolute atomic E-state index is 0.0649. The third kappa shape index (κ3) is 3.43. The normalized spacial score (nSPS) is 11.1. The van der Waals surface area contributed by atoms with E-state index in [0.29, 0.717) is 33.9 Å². The summed E-state index contributed by atoms with van der Waals surface area (Å²) in [6.07, 6.45) is 3.44. The standard InChI is InChI=1S/C17H16N8O2S2/c1-25-12(17(27)20-6-10-14(15(19)26)28-7-21-10)9(5-18)13-16(25)23-11(29-13)4-8-2-3-22-24-8/h2-3,5,7,18H,4,6H2,1H3,(H2,19,26)(H,20,27)(H,22,24). The van der Waals surface area contributed by atoms with Crippen molar-refractivity contribution in [3.05, 3.63) is 50.3 Å². The van der Waals surface area contributed by atoms with Crippen molar-refractivity contribution in [2.24, 2.45) is 12.8 Å². The number of aryl methyl sites for hydroxylation is 1. The zero-order valence-corrected chi connectivity index (χ0v) is 16.9. The Morgan fingerprint density at radius 2 is 2.28 bits per heavy atom. The van der Waals surface area contributed by atoms with E-state index in [2.05, 4.69) is 25.5 Å². The lowest BCUT2D eigenvalue weighted by atomic mass is 10.2. The number of carbonyl (C=O) groups is 2. The van der Waals surface area contributed by atoms with Gasteiger partial charge in [-0.05, 0) is 6.07 Å². The number of nitrogens with zero attached hydrogens (tertiary/aromatic N) is 4. The smallest absolute Gasteiger partial charge is 0.269 e. The zero-order chi connectivity index (χ0) is 20.5. The number of fused-ring (bicyclic) bond motifs is 1. The lowest BCUT2D eigenvalue weighted by Gasteiger charge is -2.07. The first-order valence-corrected chi connectivity index (χ1v) is 10.2. The number of hydrogen-bond donors (Lipinski definition) is 4. The first-order chi connectivity index (χ1) is 14.0. The summed E-state index contributed by atoms with van der Waals surface area (Å²) in [5.41, 5.74) is 9.65. The lowest BCUT2D eigenvalue weighted by molar-refractivity contribution is 0.0938. The maximum Gasteiger partial charge on any atom is 0.269 e. The fourth-order valence-electron chi connectivity index (χ4n) is 3.03. The molecular formula is C17H16N8O2S2. The monoisotopic (exact) mass is 428 g/mol. The first-order valence-electron chi connectivity index (χ1n) is 8.46. The van der Waals surface area contributed by atoms with Crippen molar-refractivity contribution >= 4 is 51.0 Å². The van der Waals surface area contributed by atoms with Crippen LogP contribution in [0.15, 0.2) is 17.8 Å². The molecule has 4 aromatic rings. The maximum atomic E-state index is 12.8. The summed E-state index contributed by atoms with van der Waals surface area (Å²) in [6.45, 7) is 0.0649. The molecule has 0 radical (unpaired) electrons. The van der Waals surface area contributed by atoms with E-state index in [4.69, 9.17) is 11.1 Å². The average Bonchev–Trinajstić information content (AvgIpc) is 3.46. The van der Waals surface area contributed by atoms with Crippen LogP contribution in [-0.4, -0.2) is 42.8 Å². The highest BCUT2D eigenvalue weighted by molar-refractivity contribution is 7.19. The van der Waals surface area contributed by atoms with Gasteiger partial charge in [-0.25, -0.2) is 9.97 Å². The van der Waals surface area contributed by atoms with Gasteiger partial charge in [-0.1, -0.05) is 0 Å². The Morgan fingerprint density at radius 3 is 2.97 bits per heavy atom. The summed E-state index contributed by atoms with van der Waals surface area (Å²) in [5, 5.41) is 18.3. The summed E-state index contributed by atoms with van der Waals surface area (Å²) >= 11 is 2.57. The first kappa shape index (κ1) is 19.0. The van der Waals surface area contributed by atoms with Crippen molar-refractivity contribution in [3.8, 4) is 0 Å². The Balaban J connectivity index is 1.61. The van der Waals surface area contributed by atoms with Crippen LogP contribution in [0.3, 0.4) is 0 Å². The molecule has 0 fully saturated rings. The molecule has 0 atom stereocenters. The van der Waals surface area contributed by atoms with E-state index in [0.717, 1.165) is 33.0 Å². The minimum Gasteiger partial charge on any atom is -0.365 e. The number of aromatic nitrogens is 5. The number of H-pyrrole nitrogens is 1. The van der Waals surface area contributed by atoms with Crippen LogP contribution in [0.5, 0.6) is 0 Å². The molecule has 0 aromatic carbocycles. The molecule has 10 nitrogen and oxygen atoms in total. The van der Waals surface area contributed by atoms with Gasteiger partial charge < -0.3 is 21.0 Å². The topological polar surface area (TPSA) is 155 Å². The molecule has 0 bridgehead atoms. The molecule has 0 unspecified atom stereocenters. The summed E-state index contributed by atoms with van der Waals surface area (Å²) in [6, 6.07) is 1.88. The van der Waals surface area contributed by atoms with E-state index in [1.165, 1.54) is 16.8 Å². The van der Waals surface area contributed by atoms with Crippen molar-refractivity contribution in [3.63, 3.8) is 0 Å². The van der Waals surface area contributed by atoms with Crippen molar-refractivity contribution < 1.29 is 9.59 Å². The van der Waals surface area contributed by atoms with Crippen molar-refractivity contribution in [1.29, 1.82) is 5.41 Å². The number of carbonyl (C=O) groups excluding carboxylic acids is 2. The largest absolute Gasteiger partial charge is 0.365 e. The molecule has 0 aliphatic heterocycles. The molecule has 29 heavy (non-hydrogen) atoms. The molecule has 0 spiro atoms. The van der Waals surface area contributed by atoms with Gasteiger partial charge in [-0.3, -0.25) is 14.7 Å². The Hall–Kier alpha value is -3.38. The van der Waals surface area contributed by atoms with Gasteiger partial charge in [0.1, 0.15) is 15.6 Å². The summed E-state index contributed by atoms with van der Waals surface area (Å²) < 4.78 is 2.45. The fraction of sp³-hybridized carbons (Fsp3) is 0.176. The maximum absolute atomic E-state index is 12.8. The molecule has 0 aliphatic rings. The predicted molar refractivity (Wildman–Crippen MR) is 110 cm³/mol. The van der Waals surface area contributed by atoms with Gasteiger partial charge in [0.15, 0.2) is 5.65 Å². The van der Waals surface area contributed by atoms with Gasteiger partial charge in [-0.2, -0.15) is 5.10 Å². The van der Waals surface area contributed by atoms with Crippen molar-refractivity contribution in [1.82, 2.24) is 30.0 Å². The summed E-state index contributed by atoms with van der Waals surface area (Å²) in [7, 11) is 1.74. The van der Waals surface area contributed by atoms with Crippen molar-refractivity contribution in [2.45, 2.75) is 13.0 Å². The van der Waals surface area contributed by atoms with E-state index >= 15 is 0 Å². The number of primary amides is 1. The Kier molecular flexibility index (Phi) is 4.94. The van der Waals surface area contributed by atoms with Gasteiger partial charge in [0.05, 0.1) is 22.4 Å². The molecule has 0 aliphatic carbocycles. The van der Waals surface area contributed by atoms with Gasteiger partial charge in [0, 0.05) is 37.1 Å². The molecule has 0 saturated carbocycles. The molecule has 148 valence electrons. The number of nitrogens with one attached hydrogen (secondary N) is 3. The minimum atomic E-state index is -0.578. The van der Waals surface area contributed by atoms with Crippen LogP contribution >= 0.6 is 22.7 Å². The number of thiazole rings is 2. The Morgan fingerprint density at radius 1 is 1.45 bits per heavy atom. The second kappa shape index (κ2) is 7.56. The number of hydrogen-bond acceptors (Lipinski definition) is 8. The highest BCUT2D eigenvalue weighted by Crippen LogP contribution is 2.30. The van der Waals surface area contributed by atoms with Gasteiger partial charge in [0.2, 0.25) is 0 Å². The van der Waals surface area contributed by atoms with E-state index in [9.17, 15) is 9.59 Å². The second-order valence-electron chi connectivity index (χ2n) is 6.16. The van der Waals surface area contributed by atoms with Crippen LogP contribution in [-0.2, 0) is 20.0 Å². The van der Waals surface area contributed by atoms with Crippen LogP contribution in [0.4, 0.5) is 0 Å². The summed E-state index contributed by atoms with van der Waals surface area (Å²) in [4.78, 5) is 33.3. The van der Waals surface area contributed by atoms with Gasteiger partial charge in [-0.15, -0.1) is 22.7 Å². The summed E-state index contributed by atoms with van der Waals surface area (Å²) in [5.74, 6) is -0.958. The second-order valence-corrected chi connectivity index (χ2v) is 8.10. The van der Waals surface area contributed by atoms with E-state index < -0.39 is 5.91 Å². The number of nitrogens with two attached hydrogens (primary N) is 1. The van der Waals surface area contributed by atoms with Crippen LogP contribution in [0.1, 0.15) is 42.1 Å². The quantitative estimate of drug-likeness (QED) is 0.328. The van der Waals surface area contributed by atoms with E-state index in [-0.39, 0.29) is 12.5 Å². The fourth-order valence-corrected chi connectivity index (χ4v) is 4.82. The van der Waals surface area contributed by atoms with Crippen molar-refractivity contribution in [2.75, 3.05) is 0 Å². The Bertz CT molecular complexity index is 1220. The van der Waals surface area contributed by atoms with Crippen LogP contribution in [0.25, 0.3) is 10.3 Å². The molecule has 4 heterocycles. The lowest BCUT2D eigenvalue weighted by Crippen LogP contribution is -2.27. The van der Waals surface area contributed by atoms with Gasteiger partial charge >= 0.3 is 0 Å². The zero-order valence-electron chi connectivity index (χ0n) is 15.2. The van der Waals surface area contributed by atoms with Crippen LogP contribution in [0.2, 0.25) is 0 Å². The molecular weight excluding hydrogens is 412 g/mol. The molecule has 4 rings (SSSR count). The van der Waals surface area contributed by atoms with Crippen LogP contribution in [0, 0.1) is 5.41 Å². The number of aromatic amines is 1. The third-order valence-electron chi connectivity index (χ3n) is 4.35. The Labute approximate surface area is 172 Å². The third-order valence-corrected chi connectivity index (χ3v) is 6.31. The van der Waals surface area contributed by atoms with Gasteiger partial charge in [0.25, 0.3) is 11.8 Å². The number of rotatable bonds is 7. The van der Waals surface area contributed by atoms with E-state index in [1.807, 2.05) is 6.07 Å². The van der Waals surface area contributed by atoms with Crippen LogP contribution < -0.4 is 11.1 Å². The molecule has 5 N–H and O–H groups in total. The number of amides is 2. The molecule has 2 amide bonds. The highest BCUT2D eigenvalue weighted by Gasteiger charge is 2.24. The predicted octanol–water partition coefficient (Wildman–Crippen LogP) is 1.43. The highest BCUT2D eigenvalue weighted by atomic mass is 32.1. The molecule has 4 aromatic heterocycles. The molecule has 0 saturated heterocycles. The van der Waals surface area contributed by atoms with E-state index in [1.54, 1.807) is 17.8 Å². The SMILES string of the molecule is Cn1c(C(=O)NCc2ncsc2C(N)=O)c(C=N)c2sc(Cc3ccn[nH]3)nc21.